The molecular formula is C5H9O2P. The summed E-state index contributed by atoms with van der Waals surface area (Å²) in [4.78, 5) is 10.2. The number of hydrogen-bond donors (Lipinski definition) is 0. The number of hydrogen-bond acceptors (Lipinski definition) is 2. The molecule has 3 heteroatoms. The Balaban J connectivity index is 3.11. The fourth-order valence-electron chi connectivity index (χ4n) is 0.218. The Morgan fingerprint density at radius 2 is 2.50 bits per heavy atom. The van der Waals surface area contributed by atoms with Crippen LogP contribution >= 0.6 is 9.24 Å². The Labute approximate surface area is 51.1 Å². The van der Waals surface area contributed by atoms with E-state index in [0.717, 1.165) is 12.2 Å². The molecule has 8 heavy (non-hydrogen) atoms. The molecule has 0 aliphatic rings. The van der Waals surface area contributed by atoms with Gasteiger partial charge < -0.3 is 4.74 Å². The molecule has 0 heterocycles. The zero-order valence-electron chi connectivity index (χ0n) is 4.59. The second kappa shape index (κ2) is 4.79. The summed E-state index contributed by atoms with van der Waals surface area (Å²) in [6.45, 7) is 3.69. The maximum Gasteiger partial charge on any atom is 0.330 e. The molecule has 2 nitrogen and oxygen atoms in total. The SMILES string of the molecule is C=CC(=O)OCCP. The van der Waals surface area contributed by atoms with E-state index in [1.54, 1.807) is 0 Å². The van der Waals surface area contributed by atoms with Crippen LogP contribution in [-0.4, -0.2) is 18.7 Å². The van der Waals surface area contributed by atoms with Crippen molar-refractivity contribution in [2.45, 2.75) is 0 Å². The Morgan fingerprint density at radius 1 is 1.88 bits per heavy atom. The van der Waals surface area contributed by atoms with Gasteiger partial charge in [-0.05, 0) is 6.16 Å². The van der Waals surface area contributed by atoms with Crippen LogP contribution in [0.1, 0.15) is 0 Å². The molecule has 0 amide bonds. The van der Waals surface area contributed by atoms with Crippen molar-refractivity contribution in [3.63, 3.8) is 0 Å². The van der Waals surface area contributed by atoms with E-state index in [0.29, 0.717) is 6.61 Å². The minimum atomic E-state index is -0.354. The van der Waals surface area contributed by atoms with Gasteiger partial charge >= 0.3 is 5.97 Å². The Morgan fingerprint density at radius 3 is 2.88 bits per heavy atom. The monoisotopic (exact) mass is 132 g/mol. The van der Waals surface area contributed by atoms with Crippen LogP contribution in [-0.2, 0) is 9.53 Å². The first-order chi connectivity index (χ1) is 3.81. The second-order valence-corrected chi connectivity index (χ2v) is 1.74. The molecule has 0 spiro atoms. The predicted molar refractivity (Wildman–Crippen MR) is 35.7 cm³/mol. The van der Waals surface area contributed by atoms with E-state index in [1.165, 1.54) is 0 Å². The lowest BCUT2D eigenvalue weighted by Gasteiger charge is -1.94. The van der Waals surface area contributed by atoms with Gasteiger partial charge in [-0.2, -0.15) is 0 Å². The van der Waals surface area contributed by atoms with Gasteiger partial charge in [-0.3, -0.25) is 0 Å². The van der Waals surface area contributed by atoms with E-state index in [1.807, 2.05) is 0 Å². The maximum atomic E-state index is 10.2. The van der Waals surface area contributed by atoms with Crippen molar-refractivity contribution in [1.82, 2.24) is 0 Å². The van der Waals surface area contributed by atoms with Crippen LogP contribution in [0.15, 0.2) is 12.7 Å². The molecule has 0 aromatic rings. The molecule has 1 atom stereocenters. The van der Waals surface area contributed by atoms with Crippen molar-refractivity contribution in [3.8, 4) is 0 Å². The largest absolute Gasteiger partial charge is 0.462 e. The molecule has 0 aliphatic carbocycles. The molecule has 0 N–H and O–H groups in total. The Hall–Kier alpha value is -0.360. The molecule has 1 unspecified atom stereocenters. The van der Waals surface area contributed by atoms with Crippen molar-refractivity contribution < 1.29 is 9.53 Å². The highest BCUT2D eigenvalue weighted by Gasteiger charge is 1.89. The standard InChI is InChI=1S/C5H9O2P/c1-2-5(6)7-3-4-8/h2H,1,3-4,8H2. The third-order valence-electron chi connectivity index (χ3n) is 0.529. The highest BCUT2D eigenvalue weighted by atomic mass is 31.0. The van der Waals surface area contributed by atoms with Crippen molar-refractivity contribution in [2.75, 3.05) is 12.8 Å². The van der Waals surface area contributed by atoms with Crippen molar-refractivity contribution in [3.05, 3.63) is 12.7 Å². The van der Waals surface area contributed by atoms with Crippen LogP contribution in [0.5, 0.6) is 0 Å². The molecule has 0 bridgehead atoms. The molecule has 0 rings (SSSR count). The van der Waals surface area contributed by atoms with Gasteiger partial charge in [0.15, 0.2) is 0 Å². The summed E-state index contributed by atoms with van der Waals surface area (Å²) in [6, 6.07) is 0. The normalized spacial score (nSPS) is 8.12. The van der Waals surface area contributed by atoms with Crippen LogP contribution in [0.25, 0.3) is 0 Å². The zero-order chi connectivity index (χ0) is 6.41. The van der Waals surface area contributed by atoms with E-state index < -0.39 is 0 Å². The summed E-state index contributed by atoms with van der Waals surface area (Å²) in [5.41, 5.74) is 0. The van der Waals surface area contributed by atoms with Gasteiger partial charge in [0, 0.05) is 6.08 Å². The summed E-state index contributed by atoms with van der Waals surface area (Å²) in [5, 5.41) is 0. The highest BCUT2D eigenvalue weighted by Crippen LogP contribution is 1.83. The van der Waals surface area contributed by atoms with Gasteiger partial charge in [0.05, 0.1) is 6.61 Å². The molecule has 0 aliphatic heterocycles. The van der Waals surface area contributed by atoms with Crippen LogP contribution in [0, 0.1) is 0 Å². The predicted octanol–water partition coefficient (Wildman–Crippen LogP) is 0.591. The number of ether oxygens (including phenoxy) is 1. The van der Waals surface area contributed by atoms with E-state index in [9.17, 15) is 4.79 Å². The number of carbonyl (C=O) groups is 1. The quantitative estimate of drug-likeness (QED) is 0.319. The molecule has 0 fully saturated rings. The molecule has 46 valence electrons. The first-order valence-electron chi connectivity index (χ1n) is 2.30. The van der Waals surface area contributed by atoms with Crippen molar-refractivity contribution >= 4 is 15.2 Å². The van der Waals surface area contributed by atoms with Gasteiger partial charge in [-0.25, -0.2) is 4.79 Å². The van der Waals surface area contributed by atoms with E-state index in [-0.39, 0.29) is 5.97 Å². The number of carbonyl (C=O) groups excluding carboxylic acids is 1. The molecular weight excluding hydrogens is 123 g/mol. The van der Waals surface area contributed by atoms with Crippen LogP contribution < -0.4 is 0 Å². The zero-order valence-corrected chi connectivity index (χ0v) is 5.75. The first kappa shape index (κ1) is 7.64. The lowest BCUT2D eigenvalue weighted by molar-refractivity contribution is -0.137. The summed E-state index contributed by atoms with van der Waals surface area (Å²) in [7, 11) is 2.45. The second-order valence-electron chi connectivity index (χ2n) is 1.16. The van der Waals surface area contributed by atoms with Crippen LogP contribution in [0.2, 0.25) is 0 Å². The maximum absolute atomic E-state index is 10.2. The van der Waals surface area contributed by atoms with Crippen molar-refractivity contribution in [1.29, 1.82) is 0 Å². The number of esters is 1. The summed E-state index contributed by atoms with van der Waals surface area (Å²) in [5.74, 6) is -0.354. The summed E-state index contributed by atoms with van der Waals surface area (Å²) >= 11 is 0. The lowest BCUT2D eigenvalue weighted by atomic mass is 10.6. The summed E-state index contributed by atoms with van der Waals surface area (Å²) in [6.07, 6.45) is 1.93. The number of rotatable bonds is 3. The van der Waals surface area contributed by atoms with Gasteiger partial charge in [0.25, 0.3) is 0 Å². The topological polar surface area (TPSA) is 26.3 Å². The average Bonchev–Trinajstić information content (AvgIpc) is 1.83. The van der Waals surface area contributed by atoms with Gasteiger partial charge in [0.2, 0.25) is 0 Å². The van der Waals surface area contributed by atoms with Crippen molar-refractivity contribution in [2.24, 2.45) is 0 Å². The fourth-order valence-corrected chi connectivity index (χ4v) is 0.336. The van der Waals surface area contributed by atoms with E-state index in [4.69, 9.17) is 0 Å². The first-order valence-corrected chi connectivity index (χ1v) is 3.12. The molecule has 0 radical (unpaired) electrons. The third-order valence-corrected chi connectivity index (χ3v) is 0.765. The van der Waals surface area contributed by atoms with E-state index in [2.05, 4.69) is 20.6 Å². The minimum absolute atomic E-state index is 0.354. The summed E-state index contributed by atoms with van der Waals surface area (Å²) < 4.78 is 4.56. The molecule has 0 aromatic heterocycles. The Bertz CT molecular complexity index is 90.4. The van der Waals surface area contributed by atoms with E-state index >= 15 is 0 Å². The molecule has 0 saturated heterocycles. The fraction of sp³-hybridized carbons (Fsp3) is 0.400. The molecule has 0 aromatic carbocycles. The smallest absolute Gasteiger partial charge is 0.330 e. The average molecular weight is 132 g/mol. The highest BCUT2D eigenvalue weighted by molar-refractivity contribution is 7.16. The lowest BCUT2D eigenvalue weighted by Crippen LogP contribution is -2.01. The van der Waals surface area contributed by atoms with Gasteiger partial charge in [-0.1, -0.05) is 6.58 Å². The van der Waals surface area contributed by atoms with Gasteiger partial charge in [-0.15, -0.1) is 9.24 Å². The van der Waals surface area contributed by atoms with Gasteiger partial charge in [0.1, 0.15) is 0 Å². The molecule has 0 saturated carbocycles. The van der Waals surface area contributed by atoms with Crippen LogP contribution in [0.4, 0.5) is 0 Å². The Kier molecular flexibility index (Phi) is 4.58. The van der Waals surface area contributed by atoms with Crippen LogP contribution in [0.3, 0.4) is 0 Å². The minimum Gasteiger partial charge on any atom is -0.462 e. The third kappa shape index (κ3) is 3.82.